The number of hydrogen-bond acceptors (Lipinski definition) is 6. The molecule has 0 saturated carbocycles. The van der Waals surface area contributed by atoms with E-state index >= 15 is 0 Å². The molecule has 0 amide bonds. The van der Waals surface area contributed by atoms with Crippen LogP contribution >= 0.6 is 11.6 Å². The Morgan fingerprint density at radius 3 is 2.41 bits per heavy atom. The number of aromatic nitrogens is 2. The van der Waals surface area contributed by atoms with Gasteiger partial charge in [-0.1, -0.05) is 29.8 Å². The third-order valence-electron chi connectivity index (χ3n) is 3.83. The minimum absolute atomic E-state index is 0.00489. The second-order valence-corrected chi connectivity index (χ2v) is 6.30. The molecule has 0 spiro atoms. The van der Waals surface area contributed by atoms with Gasteiger partial charge in [-0.3, -0.25) is 10.1 Å². The van der Waals surface area contributed by atoms with E-state index < -0.39 is 22.4 Å². The Bertz CT molecular complexity index is 1030. The highest BCUT2D eigenvalue weighted by Gasteiger charge is 2.31. The largest absolute Gasteiger partial charge is 0.416 e. The van der Waals surface area contributed by atoms with Crippen LogP contribution in [0.15, 0.2) is 54.9 Å². The zero-order valence-corrected chi connectivity index (χ0v) is 15.3. The molecular formula is C18H13ClF3N5O2. The molecule has 0 radical (unpaired) electrons. The van der Waals surface area contributed by atoms with E-state index in [0.29, 0.717) is 5.02 Å². The molecule has 0 bridgehead atoms. The summed E-state index contributed by atoms with van der Waals surface area (Å²) < 4.78 is 38.7. The van der Waals surface area contributed by atoms with Crippen LogP contribution in [0.5, 0.6) is 0 Å². The van der Waals surface area contributed by atoms with Gasteiger partial charge in [0.2, 0.25) is 11.6 Å². The minimum Gasteiger partial charge on any atom is -0.360 e. The molecule has 2 aromatic carbocycles. The smallest absolute Gasteiger partial charge is 0.360 e. The first-order valence-electron chi connectivity index (χ1n) is 8.16. The number of hydrogen-bond donors (Lipinski definition) is 2. The van der Waals surface area contributed by atoms with Crippen molar-refractivity contribution in [3.63, 3.8) is 0 Å². The van der Waals surface area contributed by atoms with Crippen molar-refractivity contribution in [1.82, 2.24) is 9.97 Å². The molecular weight excluding hydrogens is 411 g/mol. The first kappa shape index (κ1) is 20.3. The van der Waals surface area contributed by atoms with Crippen molar-refractivity contribution >= 4 is 34.6 Å². The van der Waals surface area contributed by atoms with Gasteiger partial charge < -0.3 is 10.6 Å². The van der Waals surface area contributed by atoms with Crippen molar-refractivity contribution in [2.75, 3.05) is 10.6 Å². The van der Waals surface area contributed by atoms with Gasteiger partial charge in [0.25, 0.3) is 0 Å². The van der Waals surface area contributed by atoms with E-state index in [1.165, 1.54) is 12.1 Å². The van der Waals surface area contributed by atoms with Crippen LogP contribution in [-0.2, 0) is 12.7 Å². The van der Waals surface area contributed by atoms with E-state index in [0.717, 1.165) is 24.0 Å². The number of nitrogens with zero attached hydrogens (tertiary/aromatic N) is 3. The zero-order valence-electron chi connectivity index (χ0n) is 14.6. The molecule has 0 unspecified atom stereocenters. The van der Waals surface area contributed by atoms with Gasteiger partial charge in [-0.25, -0.2) is 9.97 Å². The van der Waals surface area contributed by atoms with Gasteiger partial charge >= 0.3 is 11.9 Å². The Morgan fingerprint density at radius 1 is 1.07 bits per heavy atom. The Balaban J connectivity index is 1.87. The normalized spacial score (nSPS) is 11.2. The van der Waals surface area contributed by atoms with Crippen LogP contribution in [0, 0.1) is 10.1 Å². The van der Waals surface area contributed by atoms with Crippen molar-refractivity contribution in [2.24, 2.45) is 0 Å². The lowest BCUT2D eigenvalue weighted by Gasteiger charge is -2.12. The predicted octanol–water partition coefficient (Wildman–Crippen LogP) is 5.41. The molecule has 150 valence electrons. The van der Waals surface area contributed by atoms with Crippen molar-refractivity contribution in [1.29, 1.82) is 0 Å². The second-order valence-electron chi connectivity index (χ2n) is 5.86. The highest BCUT2D eigenvalue weighted by atomic mass is 35.5. The molecule has 11 heteroatoms. The number of benzene rings is 2. The lowest BCUT2D eigenvalue weighted by Crippen LogP contribution is -2.09. The molecule has 0 aliphatic heterocycles. The van der Waals surface area contributed by atoms with Crippen molar-refractivity contribution in [2.45, 2.75) is 12.7 Å². The van der Waals surface area contributed by atoms with Crippen LogP contribution in [0.3, 0.4) is 0 Å². The number of nitro groups is 1. The van der Waals surface area contributed by atoms with E-state index in [1.54, 1.807) is 24.3 Å². The Kier molecular flexibility index (Phi) is 5.83. The zero-order chi connectivity index (χ0) is 21.0. The van der Waals surface area contributed by atoms with E-state index in [-0.39, 0.29) is 23.9 Å². The molecule has 1 aromatic heterocycles. The number of anilines is 3. The first-order chi connectivity index (χ1) is 13.7. The van der Waals surface area contributed by atoms with Crippen LogP contribution in [-0.4, -0.2) is 14.9 Å². The quantitative estimate of drug-likeness (QED) is 0.406. The van der Waals surface area contributed by atoms with Gasteiger partial charge in [0.05, 0.1) is 10.5 Å². The minimum atomic E-state index is -4.54. The number of rotatable bonds is 6. The van der Waals surface area contributed by atoms with Crippen molar-refractivity contribution < 1.29 is 18.1 Å². The maximum Gasteiger partial charge on any atom is 0.416 e. The summed E-state index contributed by atoms with van der Waals surface area (Å²) >= 11 is 5.82. The van der Waals surface area contributed by atoms with Crippen LogP contribution in [0.25, 0.3) is 0 Å². The van der Waals surface area contributed by atoms with Gasteiger partial charge in [-0.2, -0.15) is 13.2 Å². The highest BCUT2D eigenvalue weighted by molar-refractivity contribution is 6.30. The first-order valence-corrected chi connectivity index (χ1v) is 8.54. The fourth-order valence-corrected chi connectivity index (χ4v) is 2.60. The van der Waals surface area contributed by atoms with E-state index in [1.807, 2.05) is 0 Å². The molecule has 3 aromatic rings. The average Bonchev–Trinajstić information content (AvgIpc) is 2.67. The van der Waals surface area contributed by atoms with E-state index in [4.69, 9.17) is 11.6 Å². The molecule has 2 N–H and O–H groups in total. The molecule has 29 heavy (non-hydrogen) atoms. The van der Waals surface area contributed by atoms with Gasteiger partial charge in [-0.15, -0.1) is 0 Å². The summed E-state index contributed by atoms with van der Waals surface area (Å²) in [6, 6.07) is 11.1. The molecule has 0 fully saturated rings. The third-order valence-corrected chi connectivity index (χ3v) is 4.08. The third kappa shape index (κ3) is 5.11. The highest BCUT2D eigenvalue weighted by Crippen LogP contribution is 2.34. The fourth-order valence-electron chi connectivity index (χ4n) is 2.47. The second kappa shape index (κ2) is 8.31. The number of nitrogens with one attached hydrogen (secondary N) is 2. The molecule has 1 heterocycles. The molecule has 0 saturated heterocycles. The summed E-state index contributed by atoms with van der Waals surface area (Å²) in [5.74, 6) is -0.308. The van der Waals surface area contributed by atoms with Gasteiger partial charge in [0.15, 0.2) is 0 Å². The molecule has 0 aliphatic rings. The molecule has 3 rings (SSSR count). The SMILES string of the molecule is O=[N+]([O-])c1c(NCc2ccc(Cl)cc2)ncnc1Nc1cccc(C(F)(F)F)c1. The van der Waals surface area contributed by atoms with Crippen LogP contribution in [0.4, 0.5) is 36.2 Å². The Hall–Kier alpha value is -3.40. The lowest BCUT2D eigenvalue weighted by atomic mass is 10.2. The van der Waals surface area contributed by atoms with E-state index in [9.17, 15) is 23.3 Å². The van der Waals surface area contributed by atoms with Crippen LogP contribution < -0.4 is 10.6 Å². The topological polar surface area (TPSA) is 93.0 Å². The summed E-state index contributed by atoms with van der Waals surface area (Å²) in [6.07, 6.45) is -3.46. The van der Waals surface area contributed by atoms with Crippen LogP contribution in [0.1, 0.15) is 11.1 Å². The molecule has 0 atom stereocenters. The van der Waals surface area contributed by atoms with Gasteiger partial charge in [-0.05, 0) is 35.9 Å². The van der Waals surface area contributed by atoms with Gasteiger partial charge in [0, 0.05) is 17.3 Å². The van der Waals surface area contributed by atoms with Gasteiger partial charge in [0.1, 0.15) is 6.33 Å². The summed E-state index contributed by atoms with van der Waals surface area (Å²) in [4.78, 5) is 18.5. The summed E-state index contributed by atoms with van der Waals surface area (Å²) in [6.45, 7) is 0.220. The maximum absolute atomic E-state index is 12.9. The Morgan fingerprint density at radius 2 is 1.76 bits per heavy atom. The monoisotopic (exact) mass is 423 g/mol. The van der Waals surface area contributed by atoms with Crippen LogP contribution in [0.2, 0.25) is 5.02 Å². The fraction of sp³-hybridized carbons (Fsp3) is 0.111. The Labute approximate surface area is 167 Å². The van der Waals surface area contributed by atoms with Crippen molar-refractivity contribution in [3.05, 3.63) is 81.1 Å². The summed E-state index contributed by atoms with van der Waals surface area (Å²) in [7, 11) is 0. The summed E-state index contributed by atoms with van der Waals surface area (Å²) in [5, 5.41) is 17.5. The number of alkyl halides is 3. The maximum atomic E-state index is 12.9. The lowest BCUT2D eigenvalue weighted by molar-refractivity contribution is -0.383. The molecule has 7 nitrogen and oxygen atoms in total. The summed E-state index contributed by atoms with van der Waals surface area (Å²) in [5.41, 5.74) is -0.570. The average molecular weight is 424 g/mol. The van der Waals surface area contributed by atoms with E-state index in [2.05, 4.69) is 20.6 Å². The van der Waals surface area contributed by atoms with Crippen molar-refractivity contribution in [3.8, 4) is 0 Å². The molecule has 0 aliphatic carbocycles. The predicted molar refractivity (Wildman–Crippen MR) is 102 cm³/mol. The standard InChI is InChI=1S/C18H13ClF3N5O2/c19-13-6-4-11(5-7-13)9-23-16-15(27(28)29)17(25-10-24-16)26-14-3-1-2-12(8-14)18(20,21)22/h1-8,10H,9H2,(H2,23,24,25,26). The number of halogens is 4.